The normalized spacial score (nSPS) is 13.6. The summed E-state index contributed by atoms with van der Waals surface area (Å²) >= 11 is 0. The summed E-state index contributed by atoms with van der Waals surface area (Å²) < 4.78 is 7.83. The van der Waals surface area contributed by atoms with Crippen molar-refractivity contribution in [2.24, 2.45) is 18.0 Å². The number of nitrogens with zero attached hydrogens (tertiary/aromatic N) is 4. The molecule has 1 heterocycles. The van der Waals surface area contributed by atoms with Gasteiger partial charge in [0.05, 0.1) is 12.1 Å². The van der Waals surface area contributed by atoms with Crippen LogP contribution in [0.15, 0.2) is 35.3 Å². The van der Waals surface area contributed by atoms with Crippen LogP contribution in [0.3, 0.4) is 0 Å². The topological polar surface area (TPSA) is 76.4 Å². The number of hydrogen-bond acceptors (Lipinski definition) is 4. The molecule has 8 heteroatoms. The maximum absolute atomic E-state index is 5.86. The molecule has 0 saturated heterocycles. The van der Waals surface area contributed by atoms with E-state index in [1.807, 2.05) is 31.5 Å². The molecule has 0 amide bonds. The minimum absolute atomic E-state index is 0. The van der Waals surface area contributed by atoms with Crippen LogP contribution >= 0.6 is 24.0 Å². The van der Waals surface area contributed by atoms with Crippen molar-refractivity contribution in [3.8, 4) is 0 Å². The maximum atomic E-state index is 5.86. The van der Waals surface area contributed by atoms with Crippen molar-refractivity contribution in [3.63, 3.8) is 0 Å². The van der Waals surface area contributed by atoms with Crippen LogP contribution in [0.25, 0.3) is 0 Å². The lowest BCUT2D eigenvalue weighted by Gasteiger charge is -2.23. The Morgan fingerprint density at radius 2 is 1.87 bits per heavy atom. The molecule has 0 bridgehead atoms. The number of halogens is 1. The summed E-state index contributed by atoms with van der Waals surface area (Å²) in [5.41, 5.74) is 1.21. The van der Waals surface area contributed by atoms with Crippen LogP contribution in [0, 0.1) is 12.8 Å². The third kappa shape index (κ3) is 8.22. The van der Waals surface area contributed by atoms with E-state index in [9.17, 15) is 0 Å². The van der Waals surface area contributed by atoms with Gasteiger partial charge in [0.15, 0.2) is 11.8 Å². The van der Waals surface area contributed by atoms with Crippen LogP contribution < -0.4 is 10.6 Å². The summed E-state index contributed by atoms with van der Waals surface area (Å²) in [6, 6.07) is 10.5. The fourth-order valence-electron chi connectivity index (χ4n) is 3.08. The largest absolute Gasteiger partial charge is 0.378 e. The van der Waals surface area contributed by atoms with Gasteiger partial charge in [0.25, 0.3) is 0 Å². The zero-order valence-corrected chi connectivity index (χ0v) is 21.4. The smallest absolute Gasteiger partial charge is 0.192 e. The van der Waals surface area contributed by atoms with Crippen molar-refractivity contribution in [3.05, 3.63) is 47.5 Å². The molecule has 1 aromatic carbocycles. The number of ether oxygens (including phenoxy) is 1. The maximum Gasteiger partial charge on any atom is 0.192 e. The fraction of sp³-hybridized carbons (Fsp3) is 0.591. The van der Waals surface area contributed by atoms with E-state index >= 15 is 0 Å². The quantitative estimate of drug-likeness (QED) is 0.277. The molecule has 2 aromatic rings. The first-order valence-corrected chi connectivity index (χ1v) is 10.5. The van der Waals surface area contributed by atoms with Gasteiger partial charge in [-0.05, 0) is 38.7 Å². The molecular weight excluding hydrogens is 491 g/mol. The van der Waals surface area contributed by atoms with Gasteiger partial charge in [-0.25, -0.2) is 4.99 Å². The number of benzene rings is 1. The number of nitrogens with one attached hydrogen (secondary N) is 2. The van der Waals surface area contributed by atoms with E-state index in [1.165, 1.54) is 5.56 Å². The van der Waals surface area contributed by atoms with E-state index in [2.05, 4.69) is 65.9 Å². The number of aryl methyl sites for hydroxylation is 1. The molecule has 0 aliphatic rings. The van der Waals surface area contributed by atoms with Crippen molar-refractivity contribution < 1.29 is 4.74 Å². The van der Waals surface area contributed by atoms with E-state index in [1.54, 1.807) is 0 Å². The monoisotopic (exact) mass is 528 g/mol. The second kappa shape index (κ2) is 13.6. The molecule has 2 atom stereocenters. The third-order valence-electron chi connectivity index (χ3n) is 5.06. The van der Waals surface area contributed by atoms with E-state index in [4.69, 9.17) is 9.73 Å². The molecule has 1 aromatic heterocycles. The summed E-state index contributed by atoms with van der Waals surface area (Å²) in [5, 5.41) is 15.3. The van der Waals surface area contributed by atoms with Gasteiger partial charge in [-0.3, -0.25) is 0 Å². The summed E-state index contributed by atoms with van der Waals surface area (Å²) in [6.07, 6.45) is 1.16. The first kappa shape index (κ1) is 26.4. The Hall–Kier alpha value is -1.68. The first-order chi connectivity index (χ1) is 13.9. The Morgan fingerprint density at radius 1 is 1.17 bits per heavy atom. The highest BCUT2D eigenvalue weighted by molar-refractivity contribution is 14.0. The van der Waals surface area contributed by atoms with E-state index in [0.29, 0.717) is 12.5 Å². The lowest BCUT2D eigenvalue weighted by Crippen LogP contribution is -2.40. The predicted octanol–water partition coefficient (Wildman–Crippen LogP) is 3.99. The molecule has 30 heavy (non-hydrogen) atoms. The molecule has 7 nitrogen and oxygen atoms in total. The van der Waals surface area contributed by atoms with Crippen molar-refractivity contribution in [1.29, 1.82) is 0 Å². The van der Waals surface area contributed by atoms with Crippen molar-refractivity contribution in [2.45, 2.75) is 59.7 Å². The minimum atomic E-state index is 0. The Morgan fingerprint density at radius 3 is 2.43 bits per heavy atom. The average Bonchev–Trinajstić information content (AvgIpc) is 3.03. The molecule has 0 radical (unpaired) electrons. The molecule has 0 aliphatic heterocycles. The van der Waals surface area contributed by atoms with Gasteiger partial charge in [0.2, 0.25) is 0 Å². The van der Waals surface area contributed by atoms with Crippen molar-refractivity contribution in [2.75, 3.05) is 13.2 Å². The van der Waals surface area contributed by atoms with Crippen LogP contribution in [0.4, 0.5) is 0 Å². The van der Waals surface area contributed by atoms with E-state index in [-0.39, 0.29) is 36.1 Å². The Bertz CT molecular complexity index is 762. The molecule has 2 rings (SSSR count). The zero-order chi connectivity index (χ0) is 21.2. The van der Waals surface area contributed by atoms with Gasteiger partial charge in [-0.2, -0.15) is 0 Å². The third-order valence-corrected chi connectivity index (χ3v) is 5.06. The minimum Gasteiger partial charge on any atom is -0.378 e. The highest BCUT2D eigenvalue weighted by Gasteiger charge is 2.14. The molecular formula is C22H37IN6O. The van der Waals surface area contributed by atoms with E-state index < -0.39 is 0 Å². The second-order valence-corrected chi connectivity index (χ2v) is 7.62. The lowest BCUT2D eigenvalue weighted by molar-refractivity contribution is 0.0258. The van der Waals surface area contributed by atoms with Gasteiger partial charge in [-0.15, -0.1) is 34.2 Å². The Kier molecular flexibility index (Phi) is 11.9. The zero-order valence-electron chi connectivity index (χ0n) is 19.1. The Labute approximate surface area is 198 Å². The summed E-state index contributed by atoms with van der Waals surface area (Å²) in [5.74, 6) is 2.97. The van der Waals surface area contributed by atoms with Gasteiger partial charge in [0, 0.05) is 20.2 Å². The van der Waals surface area contributed by atoms with Gasteiger partial charge in [-0.1, -0.05) is 44.2 Å². The van der Waals surface area contributed by atoms with Crippen LogP contribution in [-0.2, 0) is 18.3 Å². The van der Waals surface area contributed by atoms with Crippen molar-refractivity contribution >= 4 is 29.9 Å². The van der Waals surface area contributed by atoms with Crippen LogP contribution in [-0.4, -0.2) is 40.0 Å². The first-order valence-electron chi connectivity index (χ1n) is 10.5. The summed E-state index contributed by atoms with van der Waals surface area (Å²) in [4.78, 5) is 4.75. The Balaban J connectivity index is 0.00000450. The number of rotatable bonds is 10. The van der Waals surface area contributed by atoms with E-state index in [0.717, 1.165) is 37.2 Å². The molecule has 0 fully saturated rings. The molecule has 0 spiro atoms. The summed E-state index contributed by atoms with van der Waals surface area (Å²) in [6.45, 7) is 12.5. The van der Waals surface area contributed by atoms with Crippen LogP contribution in [0.5, 0.6) is 0 Å². The standard InChI is InChI=1S/C22H36N6O.HI/c1-7-29-20(16(2)3)13-14-23-22(24-15-21-27-26-18(5)28(21)6)25-17(4)19-11-9-8-10-12-19;/h8-12,16-17,20H,7,13-15H2,1-6H3,(H2,23,24,25);1H. The number of aliphatic imine (C=N–C) groups is 1. The van der Waals surface area contributed by atoms with Crippen LogP contribution in [0.2, 0.25) is 0 Å². The fourth-order valence-corrected chi connectivity index (χ4v) is 3.08. The predicted molar refractivity (Wildman–Crippen MR) is 133 cm³/mol. The summed E-state index contributed by atoms with van der Waals surface area (Å²) in [7, 11) is 1.96. The molecule has 2 unspecified atom stereocenters. The number of hydrogen-bond donors (Lipinski definition) is 2. The number of guanidine groups is 1. The molecule has 0 aliphatic carbocycles. The highest BCUT2D eigenvalue weighted by Crippen LogP contribution is 2.12. The molecule has 2 N–H and O–H groups in total. The van der Waals surface area contributed by atoms with Gasteiger partial charge < -0.3 is 19.9 Å². The SMILES string of the molecule is CCOC(CCNC(=NCc1nnc(C)n1C)NC(C)c1ccccc1)C(C)C.I. The molecule has 168 valence electrons. The highest BCUT2D eigenvalue weighted by atomic mass is 127. The van der Waals surface area contributed by atoms with Crippen molar-refractivity contribution in [1.82, 2.24) is 25.4 Å². The van der Waals surface area contributed by atoms with Gasteiger partial charge >= 0.3 is 0 Å². The molecule has 0 saturated carbocycles. The van der Waals surface area contributed by atoms with Crippen LogP contribution in [0.1, 0.15) is 57.4 Å². The number of aromatic nitrogens is 3. The lowest BCUT2D eigenvalue weighted by atomic mass is 10.0. The van der Waals surface area contributed by atoms with Gasteiger partial charge in [0.1, 0.15) is 12.4 Å². The average molecular weight is 528 g/mol. The second-order valence-electron chi connectivity index (χ2n) is 7.62.